The van der Waals surface area contributed by atoms with Crippen molar-refractivity contribution in [2.45, 2.75) is 19.8 Å². The molecule has 1 saturated carbocycles. The zero-order chi connectivity index (χ0) is 29.1. The van der Waals surface area contributed by atoms with Gasteiger partial charge in [0.1, 0.15) is 22.7 Å². The van der Waals surface area contributed by atoms with Crippen LogP contribution in [0.2, 0.25) is 0 Å². The van der Waals surface area contributed by atoms with E-state index in [0.29, 0.717) is 41.7 Å². The summed E-state index contributed by atoms with van der Waals surface area (Å²) < 4.78 is 39.3. The minimum absolute atomic E-state index is 0.0311. The second-order valence-corrected chi connectivity index (χ2v) is 9.35. The van der Waals surface area contributed by atoms with Gasteiger partial charge in [-0.25, -0.2) is 13.8 Å². The molecule has 41 heavy (non-hydrogen) atoms. The average Bonchev–Trinajstić information content (AvgIpc) is 3.78. The Morgan fingerprint density at radius 1 is 0.927 bits per heavy atom. The van der Waals surface area contributed by atoms with Gasteiger partial charge in [-0.3, -0.25) is 19.4 Å². The van der Waals surface area contributed by atoms with Gasteiger partial charge in [0, 0.05) is 35.9 Å². The first-order chi connectivity index (χ1) is 19.7. The number of aromatic nitrogens is 2. The first-order valence-electron chi connectivity index (χ1n) is 12.7. The maximum atomic E-state index is 15.1. The molecule has 4 aromatic rings. The number of anilines is 2. The highest BCUT2D eigenvalue weighted by atomic mass is 19.1. The third kappa shape index (κ3) is 5.62. The molecule has 0 atom stereocenters. The van der Waals surface area contributed by atoms with Gasteiger partial charge in [0.15, 0.2) is 5.82 Å². The number of ether oxygens (including phenoxy) is 2. The molecule has 2 heterocycles. The van der Waals surface area contributed by atoms with Crippen molar-refractivity contribution in [3.63, 3.8) is 0 Å². The topological polar surface area (TPSA) is 132 Å². The smallest absolute Gasteiger partial charge is 0.256 e. The standard InChI is InChI=1S/C29H25F2N5O5/c1-3-32-25(37)20-13-19-22(14-24(20)40-2)33-11-8-23(19)41-26-21(31)12-18(15-34-26)36-28(39)29(9-10-29)27(38)35-17-6-4-16(30)5-7-17/h4-8,11-15H,3,9-10H2,1-2H3,(H,32,37)(H,35,38)(H,36,39). The lowest BCUT2D eigenvalue weighted by atomic mass is 10.0. The van der Waals surface area contributed by atoms with Crippen LogP contribution in [0.4, 0.5) is 20.2 Å². The van der Waals surface area contributed by atoms with Crippen molar-refractivity contribution >= 4 is 40.0 Å². The zero-order valence-corrected chi connectivity index (χ0v) is 22.1. The molecular formula is C29H25F2N5O5. The molecule has 5 rings (SSSR count). The fourth-order valence-electron chi connectivity index (χ4n) is 4.23. The molecule has 2 aromatic heterocycles. The van der Waals surface area contributed by atoms with Crippen LogP contribution in [0.25, 0.3) is 10.9 Å². The first kappa shape index (κ1) is 27.4. The monoisotopic (exact) mass is 561 g/mol. The Hall–Kier alpha value is -5.13. The van der Waals surface area contributed by atoms with Crippen LogP contribution < -0.4 is 25.4 Å². The highest BCUT2D eigenvalue weighted by Crippen LogP contribution is 2.47. The number of amides is 3. The molecule has 0 saturated heterocycles. The molecule has 1 aliphatic carbocycles. The van der Waals surface area contributed by atoms with E-state index >= 15 is 4.39 Å². The third-order valence-electron chi connectivity index (χ3n) is 6.60. The van der Waals surface area contributed by atoms with Gasteiger partial charge >= 0.3 is 0 Å². The number of methoxy groups -OCH3 is 1. The lowest BCUT2D eigenvalue weighted by Crippen LogP contribution is -2.35. The van der Waals surface area contributed by atoms with E-state index in [1.54, 1.807) is 19.1 Å². The van der Waals surface area contributed by atoms with Crippen molar-refractivity contribution in [3.05, 3.63) is 78.1 Å². The molecule has 0 bridgehead atoms. The van der Waals surface area contributed by atoms with E-state index < -0.39 is 28.9 Å². The van der Waals surface area contributed by atoms with Gasteiger partial charge in [0.2, 0.25) is 11.8 Å². The quantitative estimate of drug-likeness (QED) is 0.250. The number of nitrogens with one attached hydrogen (secondary N) is 3. The Morgan fingerprint density at radius 3 is 2.27 bits per heavy atom. The summed E-state index contributed by atoms with van der Waals surface area (Å²) in [4.78, 5) is 46.5. The molecule has 2 aromatic carbocycles. The maximum Gasteiger partial charge on any atom is 0.256 e. The Labute approximate surface area is 233 Å². The van der Waals surface area contributed by atoms with Crippen molar-refractivity contribution in [2.75, 3.05) is 24.3 Å². The van der Waals surface area contributed by atoms with Crippen molar-refractivity contribution in [3.8, 4) is 17.4 Å². The highest BCUT2D eigenvalue weighted by molar-refractivity contribution is 6.16. The number of pyridine rings is 2. The van der Waals surface area contributed by atoms with E-state index in [1.165, 1.54) is 49.8 Å². The van der Waals surface area contributed by atoms with E-state index in [9.17, 15) is 18.8 Å². The van der Waals surface area contributed by atoms with Gasteiger partial charge in [-0.05, 0) is 56.2 Å². The van der Waals surface area contributed by atoms with Crippen LogP contribution in [-0.4, -0.2) is 41.3 Å². The number of nitrogens with zero attached hydrogens (tertiary/aromatic N) is 2. The average molecular weight is 562 g/mol. The summed E-state index contributed by atoms with van der Waals surface area (Å²) in [7, 11) is 1.44. The summed E-state index contributed by atoms with van der Waals surface area (Å²) in [5, 5.41) is 8.29. The summed E-state index contributed by atoms with van der Waals surface area (Å²) in [6.45, 7) is 2.20. The summed E-state index contributed by atoms with van der Waals surface area (Å²) >= 11 is 0. The minimum atomic E-state index is -1.32. The normalized spacial score (nSPS) is 13.3. The molecule has 210 valence electrons. The fourth-order valence-corrected chi connectivity index (χ4v) is 4.23. The lowest BCUT2D eigenvalue weighted by molar-refractivity contribution is -0.131. The maximum absolute atomic E-state index is 15.1. The zero-order valence-electron chi connectivity index (χ0n) is 22.1. The van der Waals surface area contributed by atoms with Crippen LogP contribution in [0.1, 0.15) is 30.1 Å². The third-order valence-corrected chi connectivity index (χ3v) is 6.60. The van der Waals surface area contributed by atoms with Crippen LogP contribution in [0, 0.1) is 17.0 Å². The molecule has 1 aliphatic rings. The van der Waals surface area contributed by atoms with Crippen molar-refractivity contribution in [1.29, 1.82) is 0 Å². The Balaban J connectivity index is 1.33. The molecule has 0 aliphatic heterocycles. The van der Waals surface area contributed by atoms with E-state index in [0.717, 1.165) is 6.07 Å². The van der Waals surface area contributed by atoms with Crippen molar-refractivity contribution in [2.24, 2.45) is 5.41 Å². The summed E-state index contributed by atoms with van der Waals surface area (Å²) in [6.07, 6.45) is 3.28. The summed E-state index contributed by atoms with van der Waals surface area (Å²) in [6, 6.07) is 10.8. The van der Waals surface area contributed by atoms with Crippen LogP contribution in [0.15, 0.2) is 60.9 Å². The van der Waals surface area contributed by atoms with Crippen LogP contribution in [0.5, 0.6) is 17.4 Å². The second kappa shape index (κ2) is 11.2. The summed E-state index contributed by atoms with van der Waals surface area (Å²) in [5.74, 6) is -2.69. The van der Waals surface area contributed by atoms with Gasteiger partial charge in [-0.15, -0.1) is 0 Å². The minimum Gasteiger partial charge on any atom is -0.496 e. The van der Waals surface area contributed by atoms with Crippen LogP contribution in [0.3, 0.4) is 0 Å². The molecule has 0 radical (unpaired) electrons. The number of hydrogen-bond donors (Lipinski definition) is 3. The number of carbonyl (C=O) groups is 3. The number of benzene rings is 2. The van der Waals surface area contributed by atoms with E-state index in [4.69, 9.17) is 9.47 Å². The van der Waals surface area contributed by atoms with Gasteiger partial charge in [-0.1, -0.05) is 0 Å². The van der Waals surface area contributed by atoms with Gasteiger partial charge < -0.3 is 25.4 Å². The first-order valence-corrected chi connectivity index (χ1v) is 12.7. The number of hydrogen-bond acceptors (Lipinski definition) is 7. The Bertz CT molecular complexity index is 1660. The van der Waals surface area contributed by atoms with Crippen molar-refractivity contribution in [1.82, 2.24) is 15.3 Å². The lowest BCUT2D eigenvalue weighted by Gasteiger charge is -2.16. The van der Waals surface area contributed by atoms with Gasteiger partial charge in [0.25, 0.3) is 11.8 Å². The second-order valence-electron chi connectivity index (χ2n) is 9.35. The highest BCUT2D eigenvalue weighted by Gasteiger charge is 2.56. The summed E-state index contributed by atoms with van der Waals surface area (Å²) in [5.41, 5.74) is -0.235. The van der Waals surface area contributed by atoms with Crippen molar-refractivity contribution < 1.29 is 32.6 Å². The molecule has 12 heteroatoms. The predicted molar refractivity (Wildman–Crippen MR) is 146 cm³/mol. The van der Waals surface area contributed by atoms with Crippen LogP contribution in [-0.2, 0) is 9.59 Å². The molecule has 0 spiro atoms. The number of carbonyl (C=O) groups excluding carboxylic acids is 3. The molecular weight excluding hydrogens is 536 g/mol. The largest absolute Gasteiger partial charge is 0.496 e. The molecule has 3 amide bonds. The Kier molecular flexibility index (Phi) is 7.47. The predicted octanol–water partition coefficient (Wildman–Crippen LogP) is 4.82. The number of fused-ring (bicyclic) bond motifs is 1. The molecule has 3 N–H and O–H groups in total. The number of halogens is 2. The number of rotatable bonds is 9. The van der Waals surface area contributed by atoms with E-state index in [1.807, 2.05) is 0 Å². The van der Waals surface area contributed by atoms with Gasteiger partial charge in [0.05, 0.1) is 30.1 Å². The molecule has 0 unspecified atom stereocenters. The Morgan fingerprint density at radius 2 is 1.63 bits per heavy atom. The van der Waals surface area contributed by atoms with E-state index in [-0.39, 0.29) is 28.8 Å². The van der Waals surface area contributed by atoms with E-state index in [2.05, 4.69) is 25.9 Å². The molecule has 1 fully saturated rings. The van der Waals surface area contributed by atoms with Crippen LogP contribution >= 0.6 is 0 Å². The SMILES string of the molecule is CCNC(=O)c1cc2c(Oc3ncc(NC(=O)C4(C(=O)Nc5ccc(F)cc5)CC4)cc3F)ccnc2cc1OC. The molecule has 10 nitrogen and oxygen atoms in total. The fraction of sp³-hybridized carbons (Fsp3) is 0.207. The van der Waals surface area contributed by atoms with Gasteiger partial charge in [-0.2, -0.15) is 0 Å².